The number of hydrogen-bond acceptors (Lipinski definition) is 15. The lowest BCUT2D eigenvalue weighted by Crippen LogP contribution is -2.50. The number of likely N-dealkylation sites (tertiary alicyclic amines) is 2. The Bertz CT molecular complexity index is 3080. The molecule has 19 heteroatoms. The van der Waals surface area contributed by atoms with Crippen molar-refractivity contribution >= 4 is 57.3 Å². The molecule has 0 bridgehead atoms. The number of imide groups is 1. The van der Waals surface area contributed by atoms with Gasteiger partial charge in [0.25, 0.3) is 0 Å². The van der Waals surface area contributed by atoms with Crippen LogP contribution >= 0.6 is 0 Å². The Hall–Kier alpha value is -7.16. The summed E-state index contributed by atoms with van der Waals surface area (Å²) in [6.45, 7) is 14.7. The number of amides is 4. The van der Waals surface area contributed by atoms with Crippen LogP contribution < -0.4 is 35.1 Å². The summed E-state index contributed by atoms with van der Waals surface area (Å²) in [4.78, 5) is 64.8. The molecule has 11 rings (SSSR count). The first-order chi connectivity index (χ1) is 40.0. The van der Waals surface area contributed by atoms with Gasteiger partial charge < -0.3 is 58.7 Å². The summed E-state index contributed by atoms with van der Waals surface area (Å²) in [6, 6.07) is 24.5. The summed E-state index contributed by atoms with van der Waals surface area (Å²) >= 11 is 0. The number of methoxy groups -OCH3 is 1. The number of piperidine rings is 4. The van der Waals surface area contributed by atoms with Gasteiger partial charge in [-0.2, -0.15) is 0 Å². The fraction of sp³-hybridized carbons (Fsp3) is 0.476. The average molecular weight is 1120 g/mol. The van der Waals surface area contributed by atoms with Crippen LogP contribution in [0.4, 0.5) is 21.5 Å². The van der Waals surface area contributed by atoms with E-state index < -0.39 is 23.2 Å². The maximum Gasteiger partial charge on any atom is 0.249 e. The second-order valence-electron chi connectivity index (χ2n) is 22.3. The zero-order valence-electron chi connectivity index (χ0n) is 46.8. The van der Waals surface area contributed by atoms with Crippen molar-refractivity contribution in [1.82, 2.24) is 25.0 Å². The van der Waals surface area contributed by atoms with Crippen molar-refractivity contribution in [1.29, 1.82) is 0 Å². The topological polar surface area (TPSA) is 186 Å². The smallest absolute Gasteiger partial charge is 0.249 e. The highest BCUT2D eigenvalue weighted by Crippen LogP contribution is 2.48. The number of nitrogens with one attached hydrogen (secondary N) is 3. The molecule has 1 aliphatic carbocycles. The number of ether oxygens (including phenoxy) is 6. The Balaban J connectivity index is 0.542. The third-order valence-electron chi connectivity index (χ3n) is 17.1. The third-order valence-corrected chi connectivity index (χ3v) is 17.1. The lowest BCUT2D eigenvalue weighted by Gasteiger charge is -2.41. The summed E-state index contributed by atoms with van der Waals surface area (Å²) in [6.07, 6.45) is 10.9. The van der Waals surface area contributed by atoms with E-state index in [0.29, 0.717) is 87.6 Å². The molecular formula is C63H75FN8O10. The van der Waals surface area contributed by atoms with Gasteiger partial charge in [-0.3, -0.25) is 29.5 Å². The van der Waals surface area contributed by atoms with Crippen LogP contribution in [0.2, 0.25) is 0 Å². The number of anilines is 3. The van der Waals surface area contributed by atoms with Crippen LogP contribution in [0, 0.1) is 11.2 Å². The van der Waals surface area contributed by atoms with Crippen LogP contribution in [-0.2, 0) is 39.9 Å². The van der Waals surface area contributed by atoms with Gasteiger partial charge >= 0.3 is 0 Å². The molecule has 1 saturated carbocycles. The minimum atomic E-state index is -1.17. The van der Waals surface area contributed by atoms with E-state index in [-0.39, 0.29) is 29.9 Å². The number of hydrogen-bond donors (Lipinski definition) is 3. The molecule has 5 aliphatic heterocycles. The summed E-state index contributed by atoms with van der Waals surface area (Å²) in [7, 11) is 1.68. The number of benzene rings is 4. The zero-order chi connectivity index (χ0) is 56.6. The second kappa shape index (κ2) is 26.0. The Labute approximate surface area is 478 Å². The highest BCUT2D eigenvalue weighted by molar-refractivity contribution is 6.17. The molecule has 0 radical (unpaired) electrons. The monoisotopic (exact) mass is 1120 g/mol. The normalized spacial score (nSPS) is 19.9. The Morgan fingerprint density at radius 3 is 2.15 bits per heavy atom. The number of nitrogens with zero attached hydrogens (tertiary/aromatic N) is 5. The van der Waals surface area contributed by atoms with Gasteiger partial charge in [0, 0.05) is 105 Å². The van der Waals surface area contributed by atoms with E-state index >= 15 is 0 Å². The van der Waals surface area contributed by atoms with Crippen LogP contribution in [0.25, 0.3) is 16.6 Å². The molecule has 6 aliphatic rings. The summed E-state index contributed by atoms with van der Waals surface area (Å²) in [5.74, 6) is 1.02. The van der Waals surface area contributed by atoms with Gasteiger partial charge in [-0.15, -0.1) is 0 Å². The predicted molar refractivity (Wildman–Crippen MR) is 309 cm³/mol. The van der Waals surface area contributed by atoms with Gasteiger partial charge in [-0.1, -0.05) is 18.7 Å². The van der Waals surface area contributed by atoms with Crippen molar-refractivity contribution < 1.29 is 52.0 Å². The van der Waals surface area contributed by atoms with Gasteiger partial charge in [0.1, 0.15) is 40.3 Å². The summed E-state index contributed by atoms with van der Waals surface area (Å²) < 4.78 is 50.5. The van der Waals surface area contributed by atoms with Gasteiger partial charge in [0.2, 0.25) is 23.6 Å². The van der Waals surface area contributed by atoms with Crippen molar-refractivity contribution in [2.45, 2.75) is 101 Å². The molecule has 0 spiro atoms. The molecule has 4 amide bonds. The Morgan fingerprint density at radius 2 is 1.45 bits per heavy atom. The number of carbonyl (C=O) groups is 4. The van der Waals surface area contributed by atoms with Crippen LogP contribution in [0.15, 0.2) is 97.7 Å². The van der Waals surface area contributed by atoms with E-state index in [1.54, 1.807) is 37.6 Å². The first-order valence-electron chi connectivity index (χ1n) is 29.2. The van der Waals surface area contributed by atoms with E-state index in [4.69, 9.17) is 33.4 Å². The van der Waals surface area contributed by atoms with Crippen molar-refractivity contribution in [3.8, 4) is 23.0 Å². The quantitative estimate of drug-likeness (QED) is 0.0321. The van der Waals surface area contributed by atoms with Crippen molar-refractivity contribution in [2.75, 3.05) is 101 Å². The van der Waals surface area contributed by atoms with Crippen LogP contribution in [0.1, 0.15) is 81.8 Å². The molecule has 4 aromatic carbocycles. The lowest BCUT2D eigenvalue weighted by atomic mass is 9.99. The number of aromatic nitrogens is 1. The predicted octanol–water partition coefficient (Wildman–Crippen LogP) is 8.54. The minimum Gasteiger partial charge on any atom is -0.495 e. The molecule has 5 fully saturated rings. The number of carbonyl (C=O) groups excluding carboxylic acids is 4. The molecule has 0 unspecified atom stereocenters. The molecule has 18 nitrogen and oxygen atoms in total. The minimum absolute atomic E-state index is 0.210. The second-order valence-corrected chi connectivity index (χ2v) is 22.3. The first kappa shape index (κ1) is 56.7. The molecule has 434 valence electrons. The molecule has 6 heterocycles. The van der Waals surface area contributed by atoms with E-state index in [1.807, 2.05) is 35.2 Å². The van der Waals surface area contributed by atoms with Gasteiger partial charge in [-0.25, -0.2) is 4.39 Å². The van der Waals surface area contributed by atoms with E-state index in [2.05, 4.69) is 43.3 Å². The Kier molecular flexibility index (Phi) is 17.9. The van der Waals surface area contributed by atoms with E-state index in [0.717, 1.165) is 129 Å². The zero-order valence-corrected chi connectivity index (χ0v) is 46.8. The highest BCUT2D eigenvalue weighted by Gasteiger charge is 2.56. The van der Waals surface area contributed by atoms with Gasteiger partial charge in [0.05, 0.1) is 56.9 Å². The summed E-state index contributed by atoms with van der Waals surface area (Å²) in [5.41, 5.74) is 4.36. The number of rotatable bonds is 23. The highest BCUT2D eigenvalue weighted by atomic mass is 19.1. The number of fused-ring (bicyclic) bond motifs is 2. The molecule has 1 atom stereocenters. The third kappa shape index (κ3) is 13.3. The SMILES string of the molecule is C=C1c2cccc(OCCCOCCOC3CCN(C4CCN(CCOC5CCN(c6cc7nccc(Oc8ccc(NC(=O)C9(C(=O)Nc%10ccc(F)cc%10)CC9)cc8)c7cc6OC)CC5)CC4)CC3)c2CN1[C@H]1CCC(=O)NC1=O. The van der Waals surface area contributed by atoms with Crippen molar-refractivity contribution in [3.63, 3.8) is 0 Å². The number of pyridine rings is 1. The average Bonchev–Trinajstić information content (AvgIpc) is 3.64. The fourth-order valence-corrected chi connectivity index (χ4v) is 12.2. The largest absolute Gasteiger partial charge is 0.495 e. The van der Waals surface area contributed by atoms with E-state index in [1.165, 1.54) is 37.1 Å². The molecule has 4 saturated heterocycles. The van der Waals surface area contributed by atoms with Gasteiger partial charge in [-0.05, 0) is 144 Å². The maximum absolute atomic E-state index is 13.4. The molecular weight excluding hydrogens is 1050 g/mol. The first-order valence-corrected chi connectivity index (χ1v) is 29.2. The van der Waals surface area contributed by atoms with E-state index in [9.17, 15) is 23.6 Å². The van der Waals surface area contributed by atoms with Crippen LogP contribution in [-0.4, -0.2) is 154 Å². The van der Waals surface area contributed by atoms with Crippen LogP contribution in [0.5, 0.6) is 23.0 Å². The van der Waals surface area contributed by atoms with Crippen LogP contribution in [0.3, 0.4) is 0 Å². The van der Waals surface area contributed by atoms with Gasteiger partial charge in [0.15, 0.2) is 0 Å². The standard InChI is InChI=1S/C63H75FN8O10/c1-42-50-5-3-6-56(52(50)41-72(42)54-15-16-59(73)68-60(54)74)81-35-4-34-78-37-38-80-48-20-29-70(30-21-48)46-18-27-69(28-19-46)33-36-79-47-22-31-71(32-23-47)55-40-53-51(39-58(55)77-2)57(17-26-65-53)82-49-13-11-45(12-14-49)67-62(76)63(24-25-63)61(75)66-44-9-7-43(64)8-10-44/h3,5-14,17,26,39-40,46-48,54H,1,4,15-16,18-25,27-38,41H2,2H3,(H,66,75)(H,67,76)(H,68,73,74)/t54-/m0/s1. The van der Waals surface area contributed by atoms with Crippen molar-refractivity contribution in [3.05, 3.63) is 115 Å². The molecule has 82 heavy (non-hydrogen) atoms. The molecule has 5 aromatic rings. The fourth-order valence-electron chi connectivity index (χ4n) is 12.2. The molecule has 1 aromatic heterocycles. The lowest BCUT2D eigenvalue weighted by molar-refractivity contribution is -0.137. The Morgan fingerprint density at radius 1 is 0.756 bits per heavy atom. The van der Waals surface area contributed by atoms with Crippen molar-refractivity contribution in [2.24, 2.45) is 5.41 Å². The maximum atomic E-state index is 13.4. The number of halogens is 1. The summed E-state index contributed by atoms with van der Waals surface area (Å²) in [5, 5.41) is 8.88. The molecule has 3 N–H and O–H groups in total.